The van der Waals surface area contributed by atoms with Crippen LogP contribution in [0.2, 0.25) is 0 Å². The Kier molecular flexibility index (Phi) is 13.2. The lowest BCUT2D eigenvalue weighted by Gasteiger charge is -2.26. The summed E-state index contributed by atoms with van der Waals surface area (Å²) in [5.74, 6) is -0.204. The Labute approximate surface area is 338 Å². The minimum Gasteiger partial charge on any atom is -0.396 e. The van der Waals surface area contributed by atoms with E-state index in [1.54, 1.807) is 0 Å². The van der Waals surface area contributed by atoms with E-state index in [1.807, 2.05) is 23.9 Å². The molecule has 2 heterocycles. The Bertz CT molecular complexity index is 2090. The number of likely N-dealkylation sites (N-methyl/N-ethyl adjacent to an activating group) is 1. The molecular weight excluding hydrogens is 713 g/mol. The second kappa shape index (κ2) is 18.1. The number of nitrogens with zero attached hydrogens (tertiary/aromatic N) is 2. The third-order valence-electron chi connectivity index (χ3n) is 11.4. The molecule has 0 atom stereocenters. The van der Waals surface area contributed by atoms with Crippen LogP contribution in [0.3, 0.4) is 0 Å². The number of nitrogens with one attached hydrogen (secondary N) is 2. The van der Waals surface area contributed by atoms with Crippen molar-refractivity contribution in [2.75, 3.05) is 36.5 Å². The summed E-state index contributed by atoms with van der Waals surface area (Å²) in [6, 6.07) is 25.7. The predicted octanol–water partition coefficient (Wildman–Crippen LogP) is 10.1. The van der Waals surface area contributed by atoms with Gasteiger partial charge in [0.1, 0.15) is 6.54 Å². The number of carbonyl (C=O) groups is 2. The first kappa shape index (κ1) is 41.0. The summed E-state index contributed by atoms with van der Waals surface area (Å²) in [5, 5.41) is 14.7. The summed E-state index contributed by atoms with van der Waals surface area (Å²) < 4.78 is 2.46. The Morgan fingerprint density at radius 3 is 2.29 bits per heavy atom. The standard InChI is InChI=1S/C48H58N4O3S/c1-7-51-40-20-11-9-18-38(40)47(3,4)42(51)30-24-34-16-13-17-35(25-31-43-48(5,6)39-19-10-12-21-41(39)52(43)8-2)46(34)56-37-28-26-36(27-29-37)50-45(55)23-14-22-44(54)49-32-15-33-53/h9-12,18-21,24-31,53H,7-8,13-17,22-23,32-33H2,1-6H3,(H-,49,50,54,55)/p+1. The molecule has 294 valence electrons. The average Bonchev–Trinajstić information content (AvgIpc) is 3.55. The Hall–Kier alpha value is -4.66. The van der Waals surface area contributed by atoms with Gasteiger partial charge in [-0.25, -0.2) is 0 Å². The topological polar surface area (TPSA) is 84.7 Å². The quantitative estimate of drug-likeness (QED) is 0.106. The molecule has 0 radical (unpaired) electrons. The smallest absolute Gasteiger partial charge is 0.224 e. The van der Waals surface area contributed by atoms with Gasteiger partial charge in [-0.2, -0.15) is 4.58 Å². The molecule has 3 aliphatic rings. The van der Waals surface area contributed by atoms with Gasteiger partial charge >= 0.3 is 0 Å². The first-order valence-electron chi connectivity index (χ1n) is 20.4. The molecule has 0 unspecified atom stereocenters. The maximum atomic E-state index is 12.7. The van der Waals surface area contributed by atoms with Gasteiger partial charge in [0.05, 0.1) is 5.41 Å². The summed E-state index contributed by atoms with van der Waals surface area (Å²) in [5.41, 5.74) is 11.2. The minimum atomic E-state index is -0.108. The summed E-state index contributed by atoms with van der Waals surface area (Å²) >= 11 is 1.81. The van der Waals surface area contributed by atoms with Crippen molar-refractivity contribution in [2.24, 2.45) is 0 Å². The van der Waals surface area contributed by atoms with Crippen molar-refractivity contribution in [3.05, 3.63) is 130 Å². The molecule has 6 rings (SSSR count). The Morgan fingerprint density at radius 1 is 0.839 bits per heavy atom. The van der Waals surface area contributed by atoms with Gasteiger partial charge in [-0.05, 0) is 113 Å². The van der Waals surface area contributed by atoms with Crippen LogP contribution in [0.1, 0.15) is 97.6 Å². The van der Waals surface area contributed by atoms with Gasteiger partial charge in [0.15, 0.2) is 5.71 Å². The van der Waals surface area contributed by atoms with Crippen LogP contribution in [-0.4, -0.2) is 53.4 Å². The van der Waals surface area contributed by atoms with E-state index in [-0.39, 0.29) is 42.1 Å². The van der Waals surface area contributed by atoms with Gasteiger partial charge in [0, 0.05) is 82.5 Å². The SMILES string of the molecule is CCN1/C(=C/C=C2\CCCC(/C=C/C3=[N+](CC)c4ccccc4C3(C)C)=C2Sc2ccc(NC(=O)CCCC(=O)NCCCO)cc2)C(C)(C)c2ccccc21. The number of fused-ring (bicyclic) bond motifs is 2. The van der Waals surface area contributed by atoms with E-state index >= 15 is 0 Å². The number of allylic oxidation sites excluding steroid dienone is 7. The van der Waals surface area contributed by atoms with Gasteiger partial charge in [0.2, 0.25) is 17.5 Å². The molecule has 3 N–H and O–H groups in total. The number of hydrogen-bond donors (Lipinski definition) is 3. The molecule has 0 spiro atoms. The van der Waals surface area contributed by atoms with Gasteiger partial charge in [-0.15, -0.1) is 0 Å². The molecule has 0 fully saturated rings. The zero-order chi connectivity index (χ0) is 39.9. The van der Waals surface area contributed by atoms with E-state index in [2.05, 4.69) is 147 Å². The predicted molar refractivity (Wildman–Crippen MR) is 233 cm³/mol. The number of anilines is 2. The van der Waals surface area contributed by atoms with Gasteiger partial charge in [-0.3, -0.25) is 9.59 Å². The lowest BCUT2D eigenvalue weighted by Crippen LogP contribution is -2.27. The molecule has 8 heteroatoms. The van der Waals surface area contributed by atoms with Crippen molar-refractivity contribution in [3.8, 4) is 0 Å². The van der Waals surface area contributed by atoms with Crippen LogP contribution < -0.4 is 15.5 Å². The summed E-state index contributed by atoms with van der Waals surface area (Å²) in [6.45, 7) is 16.1. The number of hydrogen-bond acceptors (Lipinski definition) is 5. The lowest BCUT2D eigenvalue weighted by atomic mass is 9.81. The zero-order valence-corrected chi connectivity index (χ0v) is 34.9. The van der Waals surface area contributed by atoms with E-state index in [4.69, 9.17) is 5.11 Å². The number of thioether (sulfide) groups is 1. The molecule has 2 aliphatic heterocycles. The molecule has 0 saturated carbocycles. The van der Waals surface area contributed by atoms with Crippen molar-refractivity contribution < 1.29 is 19.3 Å². The third-order valence-corrected chi connectivity index (χ3v) is 12.7. The van der Waals surface area contributed by atoms with Crippen LogP contribution in [0.25, 0.3) is 0 Å². The monoisotopic (exact) mass is 771 g/mol. The van der Waals surface area contributed by atoms with Crippen molar-refractivity contribution in [2.45, 2.75) is 102 Å². The number of carbonyl (C=O) groups excluding carboxylic acids is 2. The average molecular weight is 772 g/mol. The zero-order valence-electron chi connectivity index (χ0n) is 34.1. The molecular formula is C48H59N4O3S+. The normalized spacial score (nSPS) is 18.6. The van der Waals surface area contributed by atoms with E-state index in [9.17, 15) is 9.59 Å². The molecule has 7 nitrogen and oxygen atoms in total. The maximum Gasteiger partial charge on any atom is 0.224 e. The third kappa shape index (κ3) is 8.82. The fourth-order valence-electron chi connectivity index (χ4n) is 8.43. The van der Waals surface area contributed by atoms with E-state index < -0.39 is 0 Å². The number of amides is 2. The molecule has 3 aromatic carbocycles. The molecule has 2 amide bonds. The van der Waals surface area contributed by atoms with Crippen molar-refractivity contribution >= 4 is 46.4 Å². The highest BCUT2D eigenvalue weighted by Crippen LogP contribution is 2.48. The molecule has 0 saturated heterocycles. The summed E-state index contributed by atoms with van der Waals surface area (Å²) in [6.07, 6.45) is 14.1. The molecule has 3 aromatic rings. The highest BCUT2D eigenvalue weighted by atomic mass is 32.2. The van der Waals surface area contributed by atoms with Crippen LogP contribution in [0.4, 0.5) is 17.1 Å². The van der Waals surface area contributed by atoms with Crippen LogP contribution in [0, 0.1) is 0 Å². The highest BCUT2D eigenvalue weighted by molar-refractivity contribution is 8.03. The first-order valence-corrected chi connectivity index (χ1v) is 21.2. The van der Waals surface area contributed by atoms with E-state index in [1.165, 1.54) is 50.0 Å². The Balaban J connectivity index is 1.28. The molecule has 56 heavy (non-hydrogen) atoms. The number of rotatable bonds is 15. The van der Waals surface area contributed by atoms with Crippen LogP contribution in [0.5, 0.6) is 0 Å². The number of aliphatic hydroxyl groups excluding tert-OH is 1. The minimum absolute atomic E-state index is 0.0451. The second-order valence-corrected chi connectivity index (χ2v) is 17.0. The van der Waals surface area contributed by atoms with Crippen molar-refractivity contribution in [3.63, 3.8) is 0 Å². The Morgan fingerprint density at radius 2 is 1.55 bits per heavy atom. The molecule has 0 aromatic heterocycles. The fourth-order valence-corrected chi connectivity index (χ4v) is 9.54. The highest BCUT2D eigenvalue weighted by Gasteiger charge is 2.43. The maximum absolute atomic E-state index is 12.7. The first-order chi connectivity index (χ1) is 27.0. The number of para-hydroxylation sites is 2. The summed E-state index contributed by atoms with van der Waals surface area (Å²) in [7, 11) is 0. The van der Waals surface area contributed by atoms with Gasteiger partial charge < -0.3 is 20.6 Å². The van der Waals surface area contributed by atoms with E-state index in [0.717, 1.165) is 42.9 Å². The van der Waals surface area contributed by atoms with Crippen molar-refractivity contribution in [1.29, 1.82) is 0 Å². The van der Waals surface area contributed by atoms with Gasteiger partial charge in [0.25, 0.3) is 0 Å². The number of benzene rings is 3. The second-order valence-electron chi connectivity index (χ2n) is 15.9. The molecule has 0 bridgehead atoms. The van der Waals surface area contributed by atoms with Crippen molar-refractivity contribution in [1.82, 2.24) is 5.32 Å². The van der Waals surface area contributed by atoms with Gasteiger partial charge in [-0.1, -0.05) is 74.2 Å². The number of aliphatic hydroxyl groups is 1. The molecule has 1 aliphatic carbocycles. The van der Waals surface area contributed by atoms with Crippen LogP contribution >= 0.6 is 11.8 Å². The lowest BCUT2D eigenvalue weighted by molar-refractivity contribution is -0.433. The fraction of sp³-hybridized carbons (Fsp3) is 0.396. The summed E-state index contributed by atoms with van der Waals surface area (Å²) in [4.78, 5) is 29.6. The van der Waals surface area contributed by atoms with Crippen LogP contribution in [-0.2, 0) is 20.4 Å². The van der Waals surface area contributed by atoms with Crippen LogP contribution in [0.15, 0.2) is 124 Å². The van der Waals surface area contributed by atoms with E-state index in [0.29, 0.717) is 19.4 Å². The largest absolute Gasteiger partial charge is 0.396 e.